The van der Waals surface area contributed by atoms with E-state index in [0.717, 1.165) is 4.88 Å². The third-order valence-corrected chi connectivity index (χ3v) is 3.88. The fraction of sp³-hybridized carbons (Fsp3) is 0.300. The van der Waals surface area contributed by atoms with Crippen molar-refractivity contribution in [3.8, 4) is 0 Å². The molecule has 0 spiro atoms. The van der Waals surface area contributed by atoms with Gasteiger partial charge >= 0.3 is 0 Å². The topological polar surface area (TPSA) is 29.1 Å². The van der Waals surface area contributed by atoms with Gasteiger partial charge in [0, 0.05) is 15.4 Å². The van der Waals surface area contributed by atoms with Gasteiger partial charge in [0.25, 0.3) is 5.91 Å². The molecule has 14 heavy (non-hydrogen) atoms. The summed E-state index contributed by atoms with van der Waals surface area (Å²) < 4.78 is 2.40. The first-order valence-electron chi connectivity index (χ1n) is 4.44. The molecule has 74 valence electrons. The van der Waals surface area contributed by atoms with Crippen LogP contribution in [0, 0.1) is 0 Å². The van der Waals surface area contributed by atoms with Gasteiger partial charge in [-0.05, 0) is 31.4 Å². The Morgan fingerprint density at radius 2 is 2.21 bits per heavy atom. The van der Waals surface area contributed by atoms with Crippen LogP contribution in [-0.2, 0) is 0 Å². The summed E-state index contributed by atoms with van der Waals surface area (Å²) >= 11 is 3.23. The van der Waals surface area contributed by atoms with Crippen molar-refractivity contribution >= 4 is 38.0 Å². The average molecular weight is 225 g/mol. The van der Waals surface area contributed by atoms with Crippen molar-refractivity contribution in [2.24, 2.45) is 0 Å². The zero-order valence-corrected chi connectivity index (χ0v) is 9.67. The highest BCUT2D eigenvalue weighted by molar-refractivity contribution is 7.27. The molecule has 0 bridgehead atoms. The molecule has 0 atom stereocenters. The first-order chi connectivity index (χ1) is 6.66. The van der Waals surface area contributed by atoms with E-state index in [9.17, 15) is 4.79 Å². The van der Waals surface area contributed by atoms with Crippen molar-refractivity contribution in [1.29, 1.82) is 0 Å². The fourth-order valence-electron chi connectivity index (χ4n) is 1.21. The zero-order chi connectivity index (χ0) is 10.1. The van der Waals surface area contributed by atoms with Gasteiger partial charge in [-0.15, -0.1) is 22.7 Å². The van der Waals surface area contributed by atoms with Crippen LogP contribution in [0.3, 0.4) is 0 Å². The summed E-state index contributed by atoms with van der Waals surface area (Å²) in [4.78, 5) is 12.4. The minimum atomic E-state index is 0.0356. The van der Waals surface area contributed by atoms with Gasteiger partial charge in [-0.3, -0.25) is 4.79 Å². The van der Waals surface area contributed by atoms with Crippen LogP contribution in [0.1, 0.15) is 23.5 Å². The number of hydrogen-bond donors (Lipinski definition) is 1. The van der Waals surface area contributed by atoms with Crippen molar-refractivity contribution in [1.82, 2.24) is 5.32 Å². The van der Waals surface area contributed by atoms with Crippen molar-refractivity contribution < 1.29 is 4.79 Å². The maximum absolute atomic E-state index is 11.6. The molecule has 0 aliphatic carbocycles. The van der Waals surface area contributed by atoms with Gasteiger partial charge in [0.2, 0.25) is 0 Å². The van der Waals surface area contributed by atoms with Crippen LogP contribution in [0.4, 0.5) is 0 Å². The predicted octanol–water partition coefficient (Wildman–Crippen LogP) is 3.10. The van der Waals surface area contributed by atoms with E-state index >= 15 is 0 Å². The molecule has 2 rings (SSSR count). The summed E-state index contributed by atoms with van der Waals surface area (Å²) in [5.41, 5.74) is 0. The Morgan fingerprint density at radius 3 is 2.86 bits per heavy atom. The lowest BCUT2D eigenvalue weighted by molar-refractivity contribution is 0.0947. The van der Waals surface area contributed by atoms with E-state index in [1.54, 1.807) is 22.7 Å². The van der Waals surface area contributed by atoms with Crippen LogP contribution in [-0.4, -0.2) is 11.9 Å². The van der Waals surface area contributed by atoms with Crippen LogP contribution in [0.25, 0.3) is 9.40 Å². The summed E-state index contributed by atoms with van der Waals surface area (Å²) in [7, 11) is 0. The van der Waals surface area contributed by atoms with Crippen molar-refractivity contribution in [2.45, 2.75) is 19.9 Å². The quantitative estimate of drug-likeness (QED) is 0.836. The van der Waals surface area contributed by atoms with E-state index in [0.29, 0.717) is 0 Å². The first kappa shape index (κ1) is 9.68. The summed E-state index contributed by atoms with van der Waals surface area (Å²) in [5.74, 6) is 0.0356. The van der Waals surface area contributed by atoms with Gasteiger partial charge in [0.15, 0.2) is 0 Å². The Kier molecular flexibility index (Phi) is 2.56. The van der Waals surface area contributed by atoms with E-state index in [1.165, 1.54) is 9.40 Å². The molecule has 2 heterocycles. The molecule has 0 unspecified atom stereocenters. The Balaban J connectivity index is 2.26. The molecule has 0 aliphatic heterocycles. The van der Waals surface area contributed by atoms with Gasteiger partial charge in [-0.25, -0.2) is 0 Å². The number of fused-ring (bicyclic) bond motifs is 1. The van der Waals surface area contributed by atoms with E-state index < -0.39 is 0 Å². The predicted molar refractivity (Wildman–Crippen MR) is 62.3 cm³/mol. The van der Waals surface area contributed by atoms with Gasteiger partial charge in [-0.2, -0.15) is 0 Å². The fourth-order valence-corrected chi connectivity index (χ4v) is 3.22. The summed E-state index contributed by atoms with van der Waals surface area (Å²) in [6.07, 6.45) is 0. The third-order valence-electron chi connectivity index (χ3n) is 1.78. The largest absolute Gasteiger partial charge is 0.349 e. The highest BCUT2D eigenvalue weighted by atomic mass is 32.1. The molecule has 0 fully saturated rings. The van der Waals surface area contributed by atoms with E-state index in [4.69, 9.17) is 0 Å². The lowest BCUT2D eigenvalue weighted by Crippen LogP contribution is -2.29. The number of thiophene rings is 2. The van der Waals surface area contributed by atoms with Crippen LogP contribution in [0.15, 0.2) is 17.5 Å². The molecule has 2 aromatic rings. The Labute approximate surface area is 90.6 Å². The van der Waals surface area contributed by atoms with Crippen LogP contribution in [0.5, 0.6) is 0 Å². The molecule has 4 heteroatoms. The van der Waals surface area contributed by atoms with Crippen molar-refractivity contribution in [2.75, 3.05) is 0 Å². The molecule has 1 N–H and O–H groups in total. The summed E-state index contributed by atoms with van der Waals surface area (Å²) in [6, 6.07) is 4.21. The lowest BCUT2D eigenvalue weighted by atomic mass is 10.3. The monoisotopic (exact) mass is 225 g/mol. The van der Waals surface area contributed by atoms with Gasteiger partial charge in [-0.1, -0.05) is 0 Å². The number of rotatable bonds is 2. The van der Waals surface area contributed by atoms with Gasteiger partial charge in [0.1, 0.15) is 0 Å². The van der Waals surface area contributed by atoms with E-state index in [1.807, 2.05) is 25.3 Å². The number of nitrogens with one attached hydrogen (secondary N) is 1. The van der Waals surface area contributed by atoms with Gasteiger partial charge < -0.3 is 5.32 Å². The van der Waals surface area contributed by atoms with Crippen LogP contribution >= 0.6 is 22.7 Å². The third kappa shape index (κ3) is 1.81. The number of hydrogen-bond acceptors (Lipinski definition) is 3. The minimum Gasteiger partial charge on any atom is -0.349 e. The smallest absolute Gasteiger partial charge is 0.261 e. The number of amides is 1. The molecule has 0 saturated carbocycles. The zero-order valence-electron chi connectivity index (χ0n) is 8.03. The van der Waals surface area contributed by atoms with Gasteiger partial charge in [0.05, 0.1) is 4.88 Å². The number of carbonyl (C=O) groups is 1. The second-order valence-corrected chi connectivity index (χ2v) is 5.42. The molecular weight excluding hydrogens is 214 g/mol. The van der Waals surface area contributed by atoms with E-state index in [-0.39, 0.29) is 11.9 Å². The molecule has 1 amide bonds. The molecule has 0 radical (unpaired) electrons. The average Bonchev–Trinajstić information content (AvgIpc) is 2.58. The molecule has 0 aliphatic rings. The Hall–Kier alpha value is -0.870. The lowest BCUT2D eigenvalue weighted by Gasteiger charge is -2.05. The second-order valence-electron chi connectivity index (χ2n) is 3.39. The number of carbonyl (C=O) groups excluding carboxylic acids is 1. The molecular formula is C10H11NOS2. The molecule has 0 saturated heterocycles. The minimum absolute atomic E-state index is 0.0356. The van der Waals surface area contributed by atoms with Crippen LogP contribution in [0.2, 0.25) is 0 Å². The summed E-state index contributed by atoms with van der Waals surface area (Å²) in [6.45, 7) is 3.93. The SMILES string of the molecule is CC(C)NC(=O)c1cc2sccc2s1. The Bertz CT molecular complexity index is 427. The van der Waals surface area contributed by atoms with Crippen molar-refractivity contribution in [3.05, 3.63) is 22.4 Å². The van der Waals surface area contributed by atoms with Crippen molar-refractivity contribution in [3.63, 3.8) is 0 Å². The maximum Gasteiger partial charge on any atom is 0.261 e. The highest BCUT2D eigenvalue weighted by Crippen LogP contribution is 2.29. The van der Waals surface area contributed by atoms with E-state index in [2.05, 4.69) is 11.4 Å². The van der Waals surface area contributed by atoms with Crippen LogP contribution < -0.4 is 5.32 Å². The first-order valence-corrected chi connectivity index (χ1v) is 6.14. The molecule has 0 aromatic carbocycles. The highest BCUT2D eigenvalue weighted by Gasteiger charge is 2.11. The maximum atomic E-state index is 11.6. The second kappa shape index (κ2) is 3.71. The molecule has 2 nitrogen and oxygen atoms in total. The standard InChI is InChI=1S/C10H11NOS2/c1-6(2)11-10(12)9-5-8-7(14-9)3-4-13-8/h3-6H,1-2H3,(H,11,12). The molecule has 2 aromatic heterocycles. The summed E-state index contributed by atoms with van der Waals surface area (Å²) in [5, 5.41) is 4.93. The normalized spacial score (nSPS) is 11.1. The Morgan fingerprint density at radius 1 is 1.43 bits per heavy atom.